The number of rotatable bonds is 4. The zero-order valence-electron chi connectivity index (χ0n) is 13.8. The molecule has 0 atom stereocenters. The normalized spacial score (nSPS) is 22.5. The van der Waals surface area contributed by atoms with Crippen molar-refractivity contribution in [2.75, 3.05) is 5.32 Å². The van der Waals surface area contributed by atoms with Crippen molar-refractivity contribution in [3.8, 4) is 0 Å². The predicted octanol–water partition coefficient (Wildman–Crippen LogP) is 5.99. The summed E-state index contributed by atoms with van der Waals surface area (Å²) in [5.41, 5.74) is 2.40. The monoisotopic (exact) mass is 320 g/mol. The van der Waals surface area contributed by atoms with E-state index in [2.05, 4.69) is 23.3 Å². The van der Waals surface area contributed by atoms with Gasteiger partial charge in [0.2, 0.25) is 0 Å². The molecule has 1 heterocycles. The summed E-state index contributed by atoms with van der Waals surface area (Å²) in [6.07, 6.45) is 16.5. The van der Waals surface area contributed by atoms with Gasteiger partial charge in [0.15, 0.2) is 0 Å². The predicted molar refractivity (Wildman–Crippen MR) is 94.6 cm³/mol. The second kappa shape index (κ2) is 7.21. The molecule has 1 aromatic rings. The molecule has 0 amide bonds. The second-order valence-corrected chi connectivity index (χ2v) is 7.53. The van der Waals surface area contributed by atoms with Gasteiger partial charge >= 0.3 is 0 Å². The molecule has 1 aromatic heterocycles. The Morgan fingerprint density at radius 1 is 1.14 bits per heavy atom. The van der Waals surface area contributed by atoms with E-state index in [-0.39, 0.29) is 5.54 Å². The summed E-state index contributed by atoms with van der Waals surface area (Å²) in [4.78, 5) is 4.41. The van der Waals surface area contributed by atoms with Crippen molar-refractivity contribution in [3.05, 3.63) is 23.0 Å². The molecule has 2 aliphatic rings. The van der Waals surface area contributed by atoms with E-state index in [1.807, 2.05) is 6.20 Å². The number of pyridine rings is 1. The highest BCUT2D eigenvalue weighted by atomic mass is 35.5. The van der Waals surface area contributed by atoms with Gasteiger partial charge < -0.3 is 5.32 Å². The summed E-state index contributed by atoms with van der Waals surface area (Å²) in [5.74, 6) is 0.816. The maximum Gasteiger partial charge on any atom is 0.0852 e. The van der Waals surface area contributed by atoms with E-state index in [0.717, 1.165) is 28.7 Å². The lowest BCUT2D eigenvalue weighted by atomic mass is 9.67. The average molecular weight is 321 g/mol. The molecule has 0 aromatic carbocycles. The van der Waals surface area contributed by atoms with Crippen molar-refractivity contribution in [2.45, 2.75) is 83.1 Å². The van der Waals surface area contributed by atoms with Gasteiger partial charge in [-0.15, -0.1) is 0 Å². The molecule has 2 nitrogen and oxygen atoms in total. The summed E-state index contributed by atoms with van der Waals surface area (Å²) >= 11 is 6.60. The maximum atomic E-state index is 6.60. The lowest BCUT2D eigenvalue weighted by Gasteiger charge is -2.47. The van der Waals surface area contributed by atoms with Gasteiger partial charge in [-0.05, 0) is 44.1 Å². The van der Waals surface area contributed by atoms with Crippen LogP contribution in [0, 0.1) is 5.92 Å². The largest absolute Gasteiger partial charge is 0.378 e. The van der Waals surface area contributed by atoms with Gasteiger partial charge in [-0.3, -0.25) is 4.98 Å². The third-order valence-corrected chi connectivity index (χ3v) is 6.23. The zero-order valence-corrected chi connectivity index (χ0v) is 14.6. The number of nitrogens with one attached hydrogen (secondary N) is 1. The van der Waals surface area contributed by atoms with Crippen LogP contribution in [-0.4, -0.2) is 10.5 Å². The standard InChI is InChI=1S/C19H29ClN2/c1-2-16-18(20)17(11-14-21-16)22-19(12-7-4-8-13-19)15-9-5-3-6-10-15/h11,14-15H,2-10,12-13H2,1H3,(H,21,22). The van der Waals surface area contributed by atoms with Gasteiger partial charge in [-0.2, -0.15) is 0 Å². The molecule has 1 N–H and O–H groups in total. The molecular weight excluding hydrogens is 292 g/mol. The van der Waals surface area contributed by atoms with Gasteiger partial charge in [0.1, 0.15) is 0 Å². The van der Waals surface area contributed by atoms with Crippen LogP contribution in [0.5, 0.6) is 0 Å². The van der Waals surface area contributed by atoms with Gasteiger partial charge in [-0.25, -0.2) is 0 Å². The number of nitrogens with zero attached hydrogens (tertiary/aromatic N) is 1. The van der Waals surface area contributed by atoms with E-state index in [4.69, 9.17) is 11.6 Å². The van der Waals surface area contributed by atoms with Crippen LogP contribution in [0.25, 0.3) is 0 Å². The molecule has 0 unspecified atom stereocenters. The van der Waals surface area contributed by atoms with Crippen molar-refractivity contribution in [1.82, 2.24) is 4.98 Å². The molecule has 0 saturated heterocycles. The van der Waals surface area contributed by atoms with E-state index in [1.54, 1.807) is 0 Å². The van der Waals surface area contributed by atoms with E-state index >= 15 is 0 Å². The van der Waals surface area contributed by atoms with Crippen molar-refractivity contribution in [2.24, 2.45) is 5.92 Å². The fourth-order valence-electron chi connectivity index (χ4n) is 4.57. The molecule has 22 heavy (non-hydrogen) atoms. The minimum atomic E-state index is 0.272. The Hall–Kier alpha value is -0.760. The van der Waals surface area contributed by atoms with Crippen molar-refractivity contribution < 1.29 is 0 Å². The zero-order chi connectivity index (χ0) is 15.4. The third kappa shape index (κ3) is 3.27. The number of hydrogen-bond acceptors (Lipinski definition) is 2. The quantitative estimate of drug-likeness (QED) is 0.736. The summed E-state index contributed by atoms with van der Waals surface area (Å²) in [5, 5.41) is 4.77. The van der Waals surface area contributed by atoms with Gasteiger partial charge in [0.25, 0.3) is 0 Å². The highest BCUT2D eigenvalue weighted by Crippen LogP contribution is 2.44. The molecule has 0 radical (unpaired) electrons. The number of aromatic nitrogens is 1. The Bertz CT molecular complexity index is 488. The molecule has 0 aliphatic heterocycles. The van der Waals surface area contributed by atoms with E-state index in [0.29, 0.717) is 0 Å². The van der Waals surface area contributed by atoms with Crippen LogP contribution in [0.4, 0.5) is 5.69 Å². The first-order valence-corrected chi connectivity index (χ1v) is 9.54. The summed E-state index contributed by atoms with van der Waals surface area (Å²) in [6, 6.07) is 2.07. The SMILES string of the molecule is CCc1nccc(NC2(C3CCCCC3)CCCCC2)c1Cl. The first-order valence-electron chi connectivity index (χ1n) is 9.17. The fraction of sp³-hybridized carbons (Fsp3) is 0.737. The topological polar surface area (TPSA) is 24.9 Å². The Balaban J connectivity index is 1.86. The molecule has 122 valence electrons. The Kier molecular flexibility index (Phi) is 5.28. The number of anilines is 1. The smallest absolute Gasteiger partial charge is 0.0852 e. The Morgan fingerprint density at radius 3 is 2.50 bits per heavy atom. The van der Waals surface area contributed by atoms with Crippen LogP contribution in [0.1, 0.15) is 76.8 Å². The lowest BCUT2D eigenvalue weighted by molar-refractivity contribution is 0.174. The highest BCUT2D eigenvalue weighted by Gasteiger charge is 2.40. The van der Waals surface area contributed by atoms with E-state index in [9.17, 15) is 0 Å². The van der Waals surface area contributed by atoms with Crippen molar-refractivity contribution in [1.29, 1.82) is 0 Å². The van der Waals surface area contributed by atoms with Crippen molar-refractivity contribution >= 4 is 17.3 Å². The molecule has 3 rings (SSSR count). The molecule has 0 spiro atoms. The minimum absolute atomic E-state index is 0.272. The molecule has 2 saturated carbocycles. The number of halogens is 1. The molecule has 0 bridgehead atoms. The summed E-state index contributed by atoms with van der Waals surface area (Å²) in [7, 11) is 0. The molecular formula is C19H29ClN2. The van der Waals surface area contributed by atoms with Gasteiger partial charge in [0.05, 0.1) is 16.4 Å². The van der Waals surface area contributed by atoms with Crippen molar-refractivity contribution in [3.63, 3.8) is 0 Å². The van der Waals surface area contributed by atoms with Crippen LogP contribution < -0.4 is 5.32 Å². The minimum Gasteiger partial charge on any atom is -0.378 e. The van der Waals surface area contributed by atoms with Crippen LogP contribution >= 0.6 is 11.6 Å². The lowest BCUT2D eigenvalue weighted by Crippen LogP contribution is -2.48. The second-order valence-electron chi connectivity index (χ2n) is 7.15. The first-order chi connectivity index (χ1) is 10.7. The van der Waals surface area contributed by atoms with Crippen LogP contribution in [0.15, 0.2) is 12.3 Å². The molecule has 3 heteroatoms. The Morgan fingerprint density at radius 2 is 1.82 bits per heavy atom. The first kappa shape index (κ1) is 16.1. The number of hydrogen-bond donors (Lipinski definition) is 1. The summed E-state index contributed by atoms with van der Waals surface area (Å²) < 4.78 is 0. The molecule has 2 fully saturated rings. The average Bonchev–Trinajstić information content (AvgIpc) is 2.58. The van der Waals surface area contributed by atoms with Crippen LogP contribution in [0.2, 0.25) is 5.02 Å². The third-order valence-electron chi connectivity index (χ3n) is 5.81. The highest BCUT2D eigenvalue weighted by molar-refractivity contribution is 6.33. The van der Waals surface area contributed by atoms with Crippen LogP contribution in [0.3, 0.4) is 0 Å². The Labute approximate surface area is 140 Å². The molecule has 2 aliphatic carbocycles. The number of aryl methyl sites for hydroxylation is 1. The summed E-state index contributed by atoms with van der Waals surface area (Å²) in [6.45, 7) is 2.12. The van der Waals surface area contributed by atoms with Crippen LogP contribution in [-0.2, 0) is 6.42 Å². The van der Waals surface area contributed by atoms with Gasteiger partial charge in [-0.1, -0.05) is 57.0 Å². The van der Waals surface area contributed by atoms with E-state index < -0.39 is 0 Å². The van der Waals surface area contributed by atoms with E-state index in [1.165, 1.54) is 64.2 Å². The fourth-order valence-corrected chi connectivity index (χ4v) is 4.86. The maximum absolute atomic E-state index is 6.60. The van der Waals surface area contributed by atoms with Gasteiger partial charge in [0, 0.05) is 11.7 Å².